The molecule has 1 aliphatic carbocycles. The lowest BCUT2D eigenvalue weighted by Gasteiger charge is -2.54. The molecule has 1 saturated heterocycles. The van der Waals surface area contributed by atoms with Crippen molar-refractivity contribution in [2.75, 3.05) is 19.6 Å². The zero-order valence-corrected chi connectivity index (χ0v) is 10.1. The van der Waals surface area contributed by atoms with Gasteiger partial charge in [-0.05, 0) is 56.9 Å². The Bertz CT molecular complexity index is 199. The molecule has 0 aromatic rings. The molecule has 1 spiro atoms. The third-order valence-corrected chi connectivity index (χ3v) is 4.40. The van der Waals surface area contributed by atoms with Gasteiger partial charge < -0.3 is 4.90 Å². The lowest BCUT2D eigenvalue weighted by Crippen LogP contribution is -2.57. The van der Waals surface area contributed by atoms with Crippen molar-refractivity contribution in [2.45, 2.75) is 52.1 Å². The first-order valence-corrected chi connectivity index (χ1v) is 6.52. The van der Waals surface area contributed by atoms with Crippen LogP contribution in [-0.4, -0.2) is 30.7 Å². The van der Waals surface area contributed by atoms with E-state index in [0.29, 0.717) is 11.3 Å². The van der Waals surface area contributed by atoms with Crippen LogP contribution in [0.3, 0.4) is 0 Å². The standard InChI is InChI=1S/C13H24FN/c1-3-8-15-9-13(10-15)6-4-12(5-7-13)11(2)14/h11-12H,3-10H2,1-2H3. The summed E-state index contributed by atoms with van der Waals surface area (Å²) in [5.74, 6) is 0.357. The van der Waals surface area contributed by atoms with Crippen LogP contribution in [0.4, 0.5) is 4.39 Å². The van der Waals surface area contributed by atoms with Gasteiger partial charge in [0.05, 0.1) is 0 Å². The summed E-state index contributed by atoms with van der Waals surface area (Å²) in [5, 5.41) is 0. The van der Waals surface area contributed by atoms with Crippen molar-refractivity contribution in [3.63, 3.8) is 0 Å². The average Bonchev–Trinajstić information content (AvgIpc) is 2.16. The Morgan fingerprint density at radius 2 is 1.93 bits per heavy atom. The summed E-state index contributed by atoms with van der Waals surface area (Å²) in [5.41, 5.74) is 0.598. The van der Waals surface area contributed by atoms with E-state index in [2.05, 4.69) is 11.8 Å². The van der Waals surface area contributed by atoms with E-state index < -0.39 is 6.17 Å². The molecule has 15 heavy (non-hydrogen) atoms. The summed E-state index contributed by atoms with van der Waals surface area (Å²) in [7, 11) is 0. The van der Waals surface area contributed by atoms with E-state index in [0.717, 1.165) is 12.8 Å². The second kappa shape index (κ2) is 4.40. The summed E-state index contributed by atoms with van der Waals surface area (Å²) in [6.07, 6.45) is 5.46. The van der Waals surface area contributed by atoms with Crippen LogP contribution in [-0.2, 0) is 0 Å². The first-order valence-electron chi connectivity index (χ1n) is 6.52. The van der Waals surface area contributed by atoms with Crippen LogP contribution in [0.2, 0.25) is 0 Å². The second-order valence-corrected chi connectivity index (χ2v) is 5.73. The van der Waals surface area contributed by atoms with Crippen molar-refractivity contribution in [2.24, 2.45) is 11.3 Å². The van der Waals surface area contributed by atoms with Gasteiger partial charge in [-0.2, -0.15) is 0 Å². The molecule has 1 heterocycles. The number of likely N-dealkylation sites (tertiary alicyclic amines) is 1. The van der Waals surface area contributed by atoms with Gasteiger partial charge in [-0.25, -0.2) is 4.39 Å². The summed E-state index contributed by atoms with van der Waals surface area (Å²) < 4.78 is 13.1. The number of nitrogens with zero attached hydrogens (tertiary/aromatic N) is 1. The molecule has 2 rings (SSSR count). The van der Waals surface area contributed by atoms with Gasteiger partial charge in [-0.15, -0.1) is 0 Å². The quantitative estimate of drug-likeness (QED) is 0.695. The van der Waals surface area contributed by atoms with E-state index in [9.17, 15) is 4.39 Å². The third-order valence-electron chi connectivity index (χ3n) is 4.40. The molecular formula is C13H24FN. The van der Waals surface area contributed by atoms with E-state index in [-0.39, 0.29) is 0 Å². The molecule has 1 aliphatic heterocycles. The highest BCUT2D eigenvalue weighted by atomic mass is 19.1. The van der Waals surface area contributed by atoms with E-state index in [4.69, 9.17) is 0 Å². The highest BCUT2D eigenvalue weighted by Crippen LogP contribution is 2.46. The fraction of sp³-hybridized carbons (Fsp3) is 1.00. The fourth-order valence-electron chi connectivity index (χ4n) is 3.40. The van der Waals surface area contributed by atoms with E-state index >= 15 is 0 Å². The summed E-state index contributed by atoms with van der Waals surface area (Å²) in [6.45, 7) is 7.80. The van der Waals surface area contributed by atoms with Gasteiger partial charge in [0.15, 0.2) is 0 Å². The summed E-state index contributed by atoms with van der Waals surface area (Å²) in [6, 6.07) is 0. The highest BCUT2D eigenvalue weighted by molar-refractivity contribution is 4.98. The Morgan fingerprint density at radius 1 is 1.33 bits per heavy atom. The topological polar surface area (TPSA) is 3.24 Å². The molecule has 1 atom stereocenters. The molecule has 1 unspecified atom stereocenters. The molecule has 2 aliphatic rings. The smallest absolute Gasteiger partial charge is 0.100 e. The number of hydrogen-bond donors (Lipinski definition) is 0. The van der Waals surface area contributed by atoms with E-state index in [1.54, 1.807) is 6.92 Å². The molecule has 0 aromatic heterocycles. The van der Waals surface area contributed by atoms with Crippen molar-refractivity contribution in [3.8, 4) is 0 Å². The normalized spacial score (nSPS) is 29.0. The Morgan fingerprint density at radius 3 is 2.40 bits per heavy atom. The summed E-state index contributed by atoms with van der Waals surface area (Å²) >= 11 is 0. The molecule has 88 valence electrons. The van der Waals surface area contributed by atoms with Crippen LogP contribution < -0.4 is 0 Å². The van der Waals surface area contributed by atoms with Crippen LogP contribution in [0.25, 0.3) is 0 Å². The number of rotatable bonds is 3. The van der Waals surface area contributed by atoms with Crippen LogP contribution in [0.1, 0.15) is 46.0 Å². The maximum atomic E-state index is 13.1. The monoisotopic (exact) mass is 213 g/mol. The SMILES string of the molecule is CCCN1CC2(CCC(C(C)F)CC2)C1. The molecule has 2 heteroatoms. The first kappa shape index (κ1) is 11.4. The lowest BCUT2D eigenvalue weighted by atomic mass is 9.65. The van der Waals surface area contributed by atoms with Crippen LogP contribution >= 0.6 is 0 Å². The maximum Gasteiger partial charge on any atom is 0.100 e. The van der Waals surface area contributed by atoms with Crippen molar-refractivity contribution in [1.82, 2.24) is 4.90 Å². The zero-order valence-electron chi connectivity index (χ0n) is 10.1. The van der Waals surface area contributed by atoms with Crippen molar-refractivity contribution in [1.29, 1.82) is 0 Å². The maximum absolute atomic E-state index is 13.1. The Kier molecular flexibility index (Phi) is 3.34. The Labute approximate surface area is 93.0 Å². The molecule has 0 radical (unpaired) electrons. The summed E-state index contributed by atoms with van der Waals surface area (Å²) in [4.78, 5) is 2.55. The van der Waals surface area contributed by atoms with Gasteiger partial charge in [-0.1, -0.05) is 6.92 Å². The molecular weight excluding hydrogens is 189 g/mol. The molecule has 2 fully saturated rings. The largest absolute Gasteiger partial charge is 0.302 e. The van der Waals surface area contributed by atoms with Gasteiger partial charge in [0.25, 0.3) is 0 Å². The highest BCUT2D eigenvalue weighted by Gasteiger charge is 2.45. The minimum absolute atomic E-state index is 0.357. The van der Waals surface area contributed by atoms with Gasteiger partial charge >= 0.3 is 0 Å². The minimum atomic E-state index is -0.589. The molecule has 0 amide bonds. The average molecular weight is 213 g/mol. The van der Waals surface area contributed by atoms with E-state index in [1.165, 1.54) is 38.9 Å². The first-order chi connectivity index (χ1) is 7.15. The Hall–Kier alpha value is -0.110. The molecule has 0 bridgehead atoms. The van der Waals surface area contributed by atoms with Gasteiger partial charge in [0, 0.05) is 13.1 Å². The van der Waals surface area contributed by atoms with Gasteiger partial charge in [0.2, 0.25) is 0 Å². The van der Waals surface area contributed by atoms with Crippen LogP contribution in [0, 0.1) is 11.3 Å². The van der Waals surface area contributed by atoms with Crippen molar-refractivity contribution in [3.05, 3.63) is 0 Å². The lowest BCUT2D eigenvalue weighted by molar-refractivity contribution is -0.0443. The third kappa shape index (κ3) is 2.35. The van der Waals surface area contributed by atoms with Crippen LogP contribution in [0.15, 0.2) is 0 Å². The molecule has 1 saturated carbocycles. The molecule has 0 N–H and O–H groups in total. The van der Waals surface area contributed by atoms with Crippen molar-refractivity contribution >= 4 is 0 Å². The second-order valence-electron chi connectivity index (χ2n) is 5.73. The zero-order chi connectivity index (χ0) is 10.9. The van der Waals surface area contributed by atoms with E-state index in [1.807, 2.05) is 0 Å². The predicted molar refractivity (Wildman–Crippen MR) is 61.7 cm³/mol. The number of alkyl halides is 1. The van der Waals surface area contributed by atoms with Crippen LogP contribution in [0.5, 0.6) is 0 Å². The van der Waals surface area contributed by atoms with Crippen molar-refractivity contribution < 1.29 is 4.39 Å². The van der Waals surface area contributed by atoms with Gasteiger partial charge in [-0.3, -0.25) is 0 Å². The predicted octanol–water partition coefficient (Wildman–Crippen LogP) is 3.25. The Balaban J connectivity index is 1.75. The molecule has 0 aromatic carbocycles. The number of hydrogen-bond acceptors (Lipinski definition) is 1. The fourth-order valence-corrected chi connectivity index (χ4v) is 3.40. The minimum Gasteiger partial charge on any atom is -0.302 e. The molecule has 1 nitrogen and oxygen atoms in total. The van der Waals surface area contributed by atoms with Gasteiger partial charge in [0.1, 0.15) is 6.17 Å². The number of halogens is 1.